The summed E-state index contributed by atoms with van der Waals surface area (Å²) in [5, 5.41) is 10.5. The number of hydrogen-bond donors (Lipinski definition) is 1. The number of nitrogens with zero attached hydrogens (tertiary/aromatic N) is 1. The van der Waals surface area contributed by atoms with Gasteiger partial charge in [0.05, 0.1) is 10.6 Å². The summed E-state index contributed by atoms with van der Waals surface area (Å²) in [5.41, 5.74) is -0.0844. The third kappa shape index (κ3) is 3.16. The van der Waals surface area contributed by atoms with E-state index in [1.54, 1.807) is 19.9 Å². The highest BCUT2D eigenvalue weighted by Gasteiger charge is 2.23. The van der Waals surface area contributed by atoms with E-state index in [9.17, 15) is 5.11 Å². The first kappa shape index (κ1) is 13.7. The highest BCUT2D eigenvalue weighted by atomic mass is 35.5. The number of aliphatic hydroxyl groups is 1. The van der Waals surface area contributed by atoms with E-state index in [1.807, 2.05) is 12.1 Å². The molecule has 1 saturated heterocycles. The maximum atomic E-state index is 9.92. The van der Waals surface area contributed by atoms with Crippen molar-refractivity contribution in [1.29, 1.82) is 0 Å². The van der Waals surface area contributed by atoms with Gasteiger partial charge in [0.1, 0.15) is 11.9 Å². The number of likely N-dealkylation sites (N-methyl/N-ethyl adjacent to an activating group) is 1. The highest BCUT2D eigenvalue weighted by Crippen LogP contribution is 2.31. The van der Waals surface area contributed by atoms with Gasteiger partial charge in [-0.05, 0) is 45.0 Å². The Morgan fingerprint density at radius 3 is 2.67 bits per heavy atom. The van der Waals surface area contributed by atoms with Gasteiger partial charge in [-0.25, -0.2) is 0 Å². The fourth-order valence-electron chi connectivity index (χ4n) is 2.15. The molecule has 1 aromatic carbocycles. The third-order valence-corrected chi connectivity index (χ3v) is 3.58. The predicted molar refractivity (Wildman–Crippen MR) is 73.2 cm³/mol. The molecular weight excluding hydrogens is 250 g/mol. The zero-order chi connectivity index (χ0) is 13.3. The van der Waals surface area contributed by atoms with Crippen molar-refractivity contribution in [2.24, 2.45) is 0 Å². The minimum absolute atomic E-state index is 0.209. The highest BCUT2D eigenvalue weighted by molar-refractivity contribution is 6.32. The number of hydrogen-bond acceptors (Lipinski definition) is 3. The third-order valence-electron chi connectivity index (χ3n) is 3.28. The second-order valence-corrected chi connectivity index (χ2v) is 5.90. The predicted octanol–water partition coefficient (Wildman–Crippen LogP) is 2.65. The Morgan fingerprint density at radius 2 is 2.17 bits per heavy atom. The smallest absolute Gasteiger partial charge is 0.138 e. The number of likely N-dealkylation sites (tertiary alicyclic amines) is 1. The Labute approximate surface area is 113 Å². The van der Waals surface area contributed by atoms with E-state index in [-0.39, 0.29) is 6.10 Å². The van der Waals surface area contributed by atoms with Crippen molar-refractivity contribution in [3.8, 4) is 5.75 Å². The molecule has 1 aliphatic rings. The molecule has 4 heteroatoms. The number of ether oxygens (including phenoxy) is 1. The molecule has 0 aliphatic carbocycles. The van der Waals surface area contributed by atoms with Gasteiger partial charge in [-0.3, -0.25) is 0 Å². The van der Waals surface area contributed by atoms with Crippen LogP contribution >= 0.6 is 11.6 Å². The Hall–Kier alpha value is -0.770. The maximum Gasteiger partial charge on any atom is 0.138 e. The molecule has 1 aliphatic heterocycles. The Kier molecular flexibility index (Phi) is 3.85. The monoisotopic (exact) mass is 269 g/mol. The molecular formula is C14H20ClNO2. The molecule has 3 nitrogen and oxygen atoms in total. The normalized spacial score (nSPS) is 21.3. The molecule has 0 amide bonds. The van der Waals surface area contributed by atoms with E-state index in [2.05, 4.69) is 11.9 Å². The fraction of sp³-hybridized carbons (Fsp3) is 0.571. The molecule has 2 rings (SSSR count). The summed E-state index contributed by atoms with van der Waals surface area (Å²) in [7, 11) is 2.09. The van der Waals surface area contributed by atoms with Crippen molar-refractivity contribution in [3.63, 3.8) is 0 Å². The summed E-state index contributed by atoms with van der Waals surface area (Å²) in [6.07, 6.45) is 1.24. The minimum Gasteiger partial charge on any atom is -0.487 e. The number of halogens is 1. The minimum atomic E-state index is -0.879. The average molecular weight is 270 g/mol. The van der Waals surface area contributed by atoms with Gasteiger partial charge in [-0.15, -0.1) is 0 Å². The van der Waals surface area contributed by atoms with Crippen LogP contribution in [0.25, 0.3) is 0 Å². The van der Waals surface area contributed by atoms with E-state index >= 15 is 0 Å². The SMILES string of the molecule is CN1CCC(Oc2ccc(C(C)(C)O)cc2Cl)C1. The van der Waals surface area contributed by atoms with Crippen LogP contribution in [-0.2, 0) is 5.60 Å². The molecule has 1 aromatic rings. The van der Waals surface area contributed by atoms with Crippen LogP contribution in [0.4, 0.5) is 0 Å². The van der Waals surface area contributed by atoms with Crippen molar-refractivity contribution < 1.29 is 9.84 Å². The topological polar surface area (TPSA) is 32.7 Å². The summed E-state index contributed by atoms with van der Waals surface area (Å²) >= 11 is 6.20. The second-order valence-electron chi connectivity index (χ2n) is 5.49. The Bertz CT molecular complexity index is 428. The Balaban J connectivity index is 2.10. The van der Waals surface area contributed by atoms with Gasteiger partial charge in [-0.1, -0.05) is 17.7 Å². The lowest BCUT2D eigenvalue weighted by Gasteiger charge is -2.20. The van der Waals surface area contributed by atoms with Gasteiger partial charge in [0.2, 0.25) is 0 Å². The maximum absolute atomic E-state index is 9.92. The summed E-state index contributed by atoms with van der Waals surface area (Å²) < 4.78 is 5.89. The average Bonchev–Trinajstić information content (AvgIpc) is 2.65. The first-order chi connectivity index (χ1) is 8.36. The molecule has 1 atom stereocenters. The summed E-state index contributed by atoms with van der Waals surface area (Å²) in [4.78, 5) is 2.24. The molecule has 0 bridgehead atoms. The van der Waals surface area contributed by atoms with Gasteiger partial charge in [0.15, 0.2) is 0 Å². The molecule has 1 N–H and O–H groups in total. The van der Waals surface area contributed by atoms with Crippen molar-refractivity contribution >= 4 is 11.6 Å². The summed E-state index contributed by atoms with van der Waals surface area (Å²) in [5.74, 6) is 0.699. The quantitative estimate of drug-likeness (QED) is 0.916. The summed E-state index contributed by atoms with van der Waals surface area (Å²) in [6, 6.07) is 5.48. The molecule has 1 heterocycles. The van der Waals surface area contributed by atoms with Crippen LogP contribution < -0.4 is 4.74 Å². The van der Waals surface area contributed by atoms with E-state index < -0.39 is 5.60 Å². The van der Waals surface area contributed by atoms with Gasteiger partial charge in [0.25, 0.3) is 0 Å². The number of benzene rings is 1. The van der Waals surface area contributed by atoms with Crippen LogP contribution in [0.15, 0.2) is 18.2 Å². The Morgan fingerprint density at radius 1 is 1.44 bits per heavy atom. The van der Waals surface area contributed by atoms with Crippen molar-refractivity contribution in [2.75, 3.05) is 20.1 Å². The van der Waals surface area contributed by atoms with Gasteiger partial charge < -0.3 is 14.7 Å². The van der Waals surface area contributed by atoms with Gasteiger partial charge in [0, 0.05) is 13.1 Å². The van der Waals surface area contributed by atoms with Crippen LogP contribution in [0.1, 0.15) is 25.8 Å². The molecule has 100 valence electrons. The number of rotatable bonds is 3. The molecule has 0 saturated carbocycles. The lowest BCUT2D eigenvalue weighted by molar-refractivity contribution is 0.0785. The van der Waals surface area contributed by atoms with Crippen molar-refractivity contribution in [1.82, 2.24) is 4.90 Å². The first-order valence-electron chi connectivity index (χ1n) is 6.24. The lowest BCUT2D eigenvalue weighted by atomic mass is 9.98. The van der Waals surface area contributed by atoms with E-state index in [0.717, 1.165) is 25.1 Å². The van der Waals surface area contributed by atoms with Gasteiger partial charge >= 0.3 is 0 Å². The largest absolute Gasteiger partial charge is 0.487 e. The second kappa shape index (κ2) is 5.08. The molecule has 0 spiro atoms. The van der Waals surface area contributed by atoms with Gasteiger partial charge in [-0.2, -0.15) is 0 Å². The van der Waals surface area contributed by atoms with Crippen molar-refractivity contribution in [3.05, 3.63) is 28.8 Å². The van der Waals surface area contributed by atoms with E-state index in [0.29, 0.717) is 10.8 Å². The molecule has 1 fully saturated rings. The van der Waals surface area contributed by atoms with E-state index in [4.69, 9.17) is 16.3 Å². The molecule has 18 heavy (non-hydrogen) atoms. The van der Waals surface area contributed by atoms with Crippen LogP contribution in [0.3, 0.4) is 0 Å². The first-order valence-corrected chi connectivity index (χ1v) is 6.61. The van der Waals surface area contributed by atoms with Crippen LogP contribution in [0.2, 0.25) is 5.02 Å². The van der Waals surface area contributed by atoms with Crippen molar-refractivity contribution in [2.45, 2.75) is 32.0 Å². The van der Waals surface area contributed by atoms with Crippen LogP contribution in [0, 0.1) is 0 Å². The zero-order valence-corrected chi connectivity index (χ0v) is 11.9. The van der Waals surface area contributed by atoms with Crippen LogP contribution in [-0.4, -0.2) is 36.2 Å². The molecule has 0 radical (unpaired) electrons. The molecule has 0 aromatic heterocycles. The standard InChI is InChI=1S/C14H20ClNO2/c1-14(2,17)10-4-5-13(12(15)8-10)18-11-6-7-16(3)9-11/h4-5,8,11,17H,6-7,9H2,1-3H3. The lowest BCUT2D eigenvalue weighted by Crippen LogP contribution is -2.21. The van der Waals surface area contributed by atoms with Crippen LogP contribution in [0.5, 0.6) is 5.75 Å². The summed E-state index contributed by atoms with van der Waals surface area (Å²) in [6.45, 7) is 5.48. The molecule has 1 unspecified atom stereocenters. The van der Waals surface area contributed by atoms with E-state index in [1.165, 1.54) is 0 Å². The zero-order valence-electron chi connectivity index (χ0n) is 11.1. The fourth-order valence-corrected chi connectivity index (χ4v) is 2.37.